The molecule has 1 fully saturated rings. The summed E-state index contributed by atoms with van der Waals surface area (Å²) in [6, 6.07) is 13.2. The third-order valence-corrected chi connectivity index (χ3v) is 7.88. The number of rotatable bonds is 8. The van der Waals surface area contributed by atoms with Crippen LogP contribution in [0.2, 0.25) is 0 Å². The predicted molar refractivity (Wildman–Crippen MR) is 150 cm³/mol. The minimum atomic E-state index is -4.43. The molecule has 1 aromatic heterocycles. The Morgan fingerprint density at radius 2 is 1.80 bits per heavy atom. The summed E-state index contributed by atoms with van der Waals surface area (Å²) in [5.41, 5.74) is 2.07. The molecule has 0 bridgehead atoms. The number of hydrogen-bond donors (Lipinski definition) is 3. The summed E-state index contributed by atoms with van der Waals surface area (Å²) in [4.78, 5) is 13.9. The number of fused-ring (bicyclic) bond motifs is 1. The first-order chi connectivity index (χ1) is 18.9. The van der Waals surface area contributed by atoms with Crippen LogP contribution in [0, 0.1) is 11.8 Å². The van der Waals surface area contributed by atoms with Gasteiger partial charge in [-0.25, -0.2) is 8.42 Å². The van der Waals surface area contributed by atoms with Gasteiger partial charge in [-0.2, -0.15) is 13.2 Å². The van der Waals surface area contributed by atoms with E-state index in [1.54, 1.807) is 37.4 Å². The van der Waals surface area contributed by atoms with Gasteiger partial charge in [0, 0.05) is 49.2 Å². The van der Waals surface area contributed by atoms with Crippen molar-refractivity contribution in [2.75, 3.05) is 50.1 Å². The molecule has 0 aliphatic carbocycles. The maximum Gasteiger partial charge on any atom is 0.406 e. The fourth-order valence-electron chi connectivity index (χ4n) is 4.70. The molecule has 1 amide bonds. The molecule has 1 aliphatic rings. The molecule has 2 aromatic carbocycles. The zero-order valence-corrected chi connectivity index (χ0v) is 23.1. The molecule has 0 unspecified atom stereocenters. The number of carbonyl (C=O) groups excluding carboxylic acids is 1. The molecule has 3 aromatic rings. The van der Waals surface area contributed by atoms with Crippen LogP contribution in [0.1, 0.15) is 18.5 Å². The quantitative estimate of drug-likeness (QED) is 0.355. The number of hydrogen-bond acceptors (Lipinski definition) is 6. The fourth-order valence-corrected chi connectivity index (χ4v) is 5.33. The number of aromatic nitrogens is 1. The molecule has 4 rings (SSSR count). The van der Waals surface area contributed by atoms with E-state index < -0.39 is 22.6 Å². The van der Waals surface area contributed by atoms with Crippen molar-refractivity contribution in [2.24, 2.45) is 0 Å². The first-order valence-corrected chi connectivity index (χ1v) is 14.7. The second-order valence-corrected chi connectivity index (χ2v) is 11.8. The predicted octanol–water partition coefficient (Wildman–Crippen LogP) is 3.69. The van der Waals surface area contributed by atoms with Crippen LogP contribution in [0.15, 0.2) is 53.4 Å². The van der Waals surface area contributed by atoms with E-state index in [0.717, 1.165) is 37.9 Å². The van der Waals surface area contributed by atoms with Crippen molar-refractivity contribution in [3.8, 4) is 11.8 Å². The number of likely N-dealkylation sites (tertiary alicyclic amines) is 1. The largest absolute Gasteiger partial charge is 0.406 e. The molecule has 40 heavy (non-hydrogen) atoms. The summed E-state index contributed by atoms with van der Waals surface area (Å²) >= 11 is 0. The minimum absolute atomic E-state index is 0.0316. The highest BCUT2D eigenvalue weighted by atomic mass is 32.2. The van der Waals surface area contributed by atoms with Crippen molar-refractivity contribution in [3.63, 3.8) is 0 Å². The Morgan fingerprint density at radius 3 is 2.42 bits per heavy atom. The van der Waals surface area contributed by atoms with Gasteiger partial charge < -0.3 is 20.5 Å². The number of benzene rings is 2. The standard InChI is InChI=1S/C28H32F3N5O3S/c1-32-27(37)18-35-15-12-21(13-16-35)34-25-6-3-7-26-24(25)17-22(36(26)19-28(29,30)31)5-4-14-33-20-8-10-23(11-9-20)40(2,38)39/h3,6-11,17,21,33-34H,12-16,18-19H2,1-2H3,(H,32,37). The molecule has 0 saturated carbocycles. The van der Waals surface area contributed by atoms with Crippen molar-refractivity contribution in [1.82, 2.24) is 14.8 Å². The fraction of sp³-hybridized carbons (Fsp3) is 0.393. The molecule has 12 heteroatoms. The summed E-state index contributed by atoms with van der Waals surface area (Å²) in [5.74, 6) is 5.72. The van der Waals surface area contributed by atoms with E-state index in [9.17, 15) is 26.4 Å². The first kappa shape index (κ1) is 29.3. The Labute approximate surface area is 231 Å². The van der Waals surface area contributed by atoms with Crippen molar-refractivity contribution < 1.29 is 26.4 Å². The molecule has 0 radical (unpaired) electrons. The monoisotopic (exact) mass is 575 g/mol. The lowest BCUT2D eigenvalue weighted by Crippen LogP contribution is -2.43. The molecule has 8 nitrogen and oxygen atoms in total. The molecule has 0 atom stereocenters. The van der Waals surface area contributed by atoms with Crippen LogP contribution in [0.25, 0.3) is 10.9 Å². The number of alkyl halides is 3. The first-order valence-electron chi connectivity index (χ1n) is 12.8. The van der Waals surface area contributed by atoms with Crippen LogP contribution in [0.3, 0.4) is 0 Å². The van der Waals surface area contributed by atoms with Gasteiger partial charge in [-0.1, -0.05) is 12.0 Å². The Hall–Kier alpha value is -3.69. The molecular weight excluding hydrogens is 543 g/mol. The second-order valence-electron chi connectivity index (χ2n) is 9.79. The summed E-state index contributed by atoms with van der Waals surface area (Å²) in [7, 11) is -1.70. The van der Waals surface area contributed by atoms with E-state index in [0.29, 0.717) is 23.1 Å². The number of nitrogens with zero attached hydrogens (tertiary/aromatic N) is 2. The average molecular weight is 576 g/mol. The van der Waals surface area contributed by atoms with E-state index in [1.807, 2.05) is 6.07 Å². The van der Waals surface area contributed by atoms with Crippen molar-refractivity contribution in [1.29, 1.82) is 0 Å². The van der Waals surface area contributed by atoms with Crippen LogP contribution in [-0.2, 0) is 21.2 Å². The van der Waals surface area contributed by atoms with Gasteiger partial charge in [-0.05, 0) is 61.2 Å². The number of piperidine rings is 1. The maximum atomic E-state index is 13.5. The highest BCUT2D eigenvalue weighted by Crippen LogP contribution is 2.31. The van der Waals surface area contributed by atoms with Gasteiger partial charge in [-0.15, -0.1) is 0 Å². The smallest absolute Gasteiger partial charge is 0.382 e. The molecule has 1 aliphatic heterocycles. The molecule has 214 valence electrons. The Kier molecular flexibility index (Phi) is 8.95. The maximum absolute atomic E-state index is 13.5. The lowest BCUT2D eigenvalue weighted by atomic mass is 10.0. The average Bonchev–Trinajstić information content (AvgIpc) is 3.24. The lowest BCUT2D eigenvalue weighted by Gasteiger charge is -2.32. The van der Waals surface area contributed by atoms with Gasteiger partial charge in [0.1, 0.15) is 6.54 Å². The van der Waals surface area contributed by atoms with Gasteiger partial charge in [0.05, 0.1) is 29.2 Å². The Balaban J connectivity index is 1.50. The van der Waals surface area contributed by atoms with E-state index in [-0.39, 0.29) is 29.1 Å². The third kappa shape index (κ3) is 7.70. The normalized spacial score (nSPS) is 14.9. The van der Waals surface area contributed by atoms with Crippen molar-refractivity contribution >= 4 is 38.0 Å². The van der Waals surface area contributed by atoms with E-state index in [2.05, 4.69) is 32.7 Å². The SMILES string of the molecule is CNC(=O)CN1CCC(Nc2cccc3c2cc(C#CCNc2ccc(S(C)(=O)=O)cc2)n3CC(F)(F)F)CC1. The number of carbonyl (C=O) groups is 1. The van der Waals surface area contributed by atoms with Gasteiger partial charge in [-0.3, -0.25) is 9.69 Å². The van der Waals surface area contributed by atoms with Crippen LogP contribution in [0.5, 0.6) is 0 Å². The molecule has 3 N–H and O–H groups in total. The number of sulfone groups is 1. The minimum Gasteiger partial charge on any atom is -0.382 e. The molecule has 1 saturated heterocycles. The molecule has 0 spiro atoms. The number of halogens is 3. The topological polar surface area (TPSA) is 95.5 Å². The number of anilines is 2. The van der Waals surface area contributed by atoms with Gasteiger partial charge in [0.25, 0.3) is 0 Å². The van der Waals surface area contributed by atoms with Gasteiger partial charge >= 0.3 is 6.18 Å². The van der Waals surface area contributed by atoms with Gasteiger partial charge in [0.2, 0.25) is 5.91 Å². The van der Waals surface area contributed by atoms with Crippen molar-refractivity contribution in [2.45, 2.75) is 36.5 Å². The molecular formula is C28H32F3N5O3S. The summed E-state index contributed by atoms with van der Waals surface area (Å²) in [5, 5.41) is 9.82. The van der Waals surface area contributed by atoms with Crippen molar-refractivity contribution in [3.05, 3.63) is 54.2 Å². The number of nitrogens with one attached hydrogen (secondary N) is 3. The Morgan fingerprint density at radius 1 is 1.10 bits per heavy atom. The highest BCUT2D eigenvalue weighted by Gasteiger charge is 2.30. The van der Waals surface area contributed by atoms with Crippen LogP contribution >= 0.6 is 0 Å². The summed E-state index contributed by atoms with van der Waals surface area (Å²) in [6.07, 6.45) is -1.69. The van der Waals surface area contributed by atoms with Crippen LogP contribution in [0.4, 0.5) is 24.5 Å². The second kappa shape index (κ2) is 12.2. The zero-order chi connectivity index (χ0) is 28.9. The number of likely N-dealkylation sites (N-methyl/N-ethyl adjacent to an activating group) is 1. The summed E-state index contributed by atoms with van der Waals surface area (Å²) < 4.78 is 64.9. The summed E-state index contributed by atoms with van der Waals surface area (Å²) in [6.45, 7) is 0.837. The van der Waals surface area contributed by atoms with Crippen LogP contribution in [-0.4, -0.2) is 75.5 Å². The zero-order valence-electron chi connectivity index (χ0n) is 22.3. The highest BCUT2D eigenvalue weighted by molar-refractivity contribution is 7.90. The van der Waals surface area contributed by atoms with Crippen LogP contribution < -0.4 is 16.0 Å². The number of amides is 1. The van der Waals surface area contributed by atoms with Gasteiger partial charge in [0.15, 0.2) is 9.84 Å². The molecule has 2 heterocycles. The van der Waals surface area contributed by atoms with E-state index in [1.165, 1.54) is 16.7 Å². The lowest BCUT2D eigenvalue weighted by molar-refractivity contribution is -0.140. The third-order valence-electron chi connectivity index (χ3n) is 6.76. The van der Waals surface area contributed by atoms with E-state index >= 15 is 0 Å². The van der Waals surface area contributed by atoms with E-state index in [4.69, 9.17) is 0 Å². The Bertz CT molecular complexity index is 1510.